The van der Waals surface area contributed by atoms with Gasteiger partial charge in [-0.25, -0.2) is 8.42 Å². The van der Waals surface area contributed by atoms with Crippen LogP contribution < -0.4 is 10.2 Å². The van der Waals surface area contributed by atoms with Crippen molar-refractivity contribution in [1.29, 1.82) is 0 Å². The molecule has 2 amide bonds. The van der Waals surface area contributed by atoms with Gasteiger partial charge in [-0.15, -0.1) is 0 Å². The lowest BCUT2D eigenvalue weighted by Crippen LogP contribution is -2.39. The maximum atomic E-state index is 12.8. The molecule has 3 heterocycles. The summed E-state index contributed by atoms with van der Waals surface area (Å²) in [7, 11) is -3.49. The molecule has 5 rings (SSSR count). The van der Waals surface area contributed by atoms with E-state index in [0.29, 0.717) is 37.2 Å². The van der Waals surface area contributed by atoms with Gasteiger partial charge in [-0.05, 0) is 79.6 Å². The molecular weight excluding hydrogens is 414 g/mol. The molecule has 8 heteroatoms. The van der Waals surface area contributed by atoms with E-state index in [4.69, 9.17) is 0 Å². The Morgan fingerprint density at radius 2 is 1.55 bits per heavy atom. The van der Waals surface area contributed by atoms with Gasteiger partial charge >= 0.3 is 0 Å². The van der Waals surface area contributed by atoms with Crippen LogP contribution in [0.2, 0.25) is 0 Å². The minimum Gasteiger partial charge on any atom is -0.322 e. The summed E-state index contributed by atoms with van der Waals surface area (Å²) >= 11 is 0. The molecule has 0 saturated carbocycles. The molecule has 7 nitrogen and oxygen atoms in total. The first kappa shape index (κ1) is 20.2. The summed E-state index contributed by atoms with van der Waals surface area (Å²) in [6.45, 7) is 1.86. The van der Waals surface area contributed by atoms with Crippen LogP contribution in [-0.4, -0.2) is 44.2 Å². The molecule has 1 N–H and O–H groups in total. The molecule has 0 bridgehead atoms. The van der Waals surface area contributed by atoms with E-state index < -0.39 is 10.0 Å². The van der Waals surface area contributed by atoms with Crippen LogP contribution in [0.5, 0.6) is 0 Å². The van der Waals surface area contributed by atoms with E-state index in [2.05, 4.69) is 5.32 Å². The monoisotopic (exact) mass is 439 g/mol. The molecule has 0 aromatic heterocycles. The SMILES string of the molecule is O=C(Nc1cc2c3c(c1)CCC(=O)N3CCC2)c1ccc(S(=O)(=O)N2CCCC2)cc1. The highest BCUT2D eigenvalue weighted by atomic mass is 32.2. The summed E-state index contributed by atoms with van der Waals surface area (Å²) in [6.07, 6.45) is 4.76. The number of nitrogens with one attached hydrogen (secondary N) is 1. The zero-order chi connectivity index (χ0) is 21.6. The number of amides is 2. The topological polar surface area (TPSA) is 86.8 Å². The minimum atomic E-state index is -3.49. The van der Waals surface area contributed by atoms with Crippen LogP contribution in [0.15, 0.2) is 41.3 Å². The second-order valence-corrected chi connectivity index (χ2v) is 10.3. The molecule has 0 unspecified atom stereocenters. The van der Waals surface area contributed by atoms with Gasteiger partial charge in [0.1, 0.15) is 0 Å². The van der Waals surface area contributed by atoms with Gasteiger partial charge in [-0.3, -0.25) is 9.59 Å². The predicted molar refractivity (Wildman–Crippen MR) is 118 cm³/mol. The second-order valence-electron chi connectivity index (χ2n) is 8.38. The number of hydrogen-bond acceptors (Lipinski definition) is 4. The Kier molecular flexibility index (Phi) is 5.06. The molecule has 2 aromatic carbocycles. The van der Waals surface area contributed by atoms with Crippen LogP contribution in [0.3, 0.4) is 0 Å². The Morgan fingerprint density at radius 3 is 2.26 bits per heavy atom. The second kappa shape index (κ2) is 7.76. The molecule has 0 atom stereocenters. The number of nitrogens with zero attached hydrogens (tertiary/aromatic N) is 2. The summed E-state index contributed by atoms with van der Waals surface area (Å²) in [4.78, 5) is 27.1. The third kappa shape index (κ3) is 3.64. The molecule has 0 aliphatic carbocycles. The van der Waals surface area contributed by atoms with Crippen molar-refractivity contribution in [2.24, 2.45) is 0 Å². The Balaban J connectivity index is 1.36. The van der Waals surface area contributed by atoms with E-state index in [1.54, 1.807) is 12.1 Å². The van der Waals surface area contributed by atoms with Crippen molar-refractivity contribution in [3.05, 3.63) is 53.1 Å². The lowest BCUT2D eigenvalue weighted by molar-refractivity contribution is -0.119. The van der Waals surface area contributed by atoms with Gasteiger partial charge in [0, 0.05) is 37.3 Å². The summed E-state index contributed by atoms with van der Waals surface area (Å²) < 4.78 is 26.8. The summed E-state index contributed by atoms with van der Waals surface area (Å²) in [5, 5.41) is 2.94. The summed E-state index contributed by atoms with van der Waals surface area (Å²) in [6, 6.07) is 10.0. The average Bonchev–Trinajstić information content (AvgIpc) is 3.32. The van der Waals surface area contributed by atoms with Crippen molar-refractivity contribution in [1.82, 2.24) is 4.31 Å². The maximum Gasteiger partial charge on any atom is 0.255 e. The largest absolute Gasteiger partial charge is 0.322 e. The van der Waals surface area contributed by atoms with Gasteiger partial charge < -0.3 is 10.2 Å². The van der Waals surface area contributed by atoms with Crippen molar-refractivity contribution < 1.29 is 18.0 Å². The van der Waals surface area contributed by atoms with Crippen LogP contribution in [0.1, 0.15) is 47.2 Å². The van der Waals surface area contributed by atoms with Crippen LogP contribution in [-0.2, 0) is 27.7 Å². The Hall–Kier alpha value is -2.71. The van der Waals surface area contributed by atoms with Gasteiger partial charge in [0.25, 0.3) is 5.91 Å². The van der Waals surface area contributed by atoms with Crippen LogP contribution in [0.4, 0.5) is 11.4 Å². The Bertz CT molecular complexity index is 1130. The van der Waals surface area contributed by atoms with Crippen LogP contribution in [0, 0.1) is 0 Å². The van der Waals surface area contributed by atoms with Gasteiger partial charge in [-0.2, -0.15) is 4.31 Å². The van der Waals surface area contributed by atoms with E-state index in [9.17, 15) is 18.0 Å². The van der Waals surface area contributed by atoms with Crippen LogP contribution >= 0.6 is 0 Å². The van der Waals surface area contributed by atoms with E-state index in [0.717, 1.165) is 49.0 Å². The zero-order valence-corrected chi connectivity index (χ0v) is 18.1. The van der Waals surface area contributed by atoms with Gasteiger partial charge in [-0.1, -0.05) is 0 Å². The molecule has 162 valence electrons. The van der Waals surface area contributed by atoms with Crippen molar-refractivity contribution in [2.45, 2.75) is 43.4 Å². The first-order chi connectivity index (χ1) is 14.9. The third-order valence-electron chi connectivity index (χ3n) is 6.35. The van der Waals surface area contributed by atoms with Crippen molar-refractivity contribution >= 4 is 33.2 Å². The molecule has 0 spiro atoms. The highest BCUT2D eigenvalue weighted by Crippen LogP contribution is 2.38. The van der Waals surface area contributed by atoms with Crippen molar-refractivity contribution in [3.63, 3.8) is 0 Å². The number of sulfonamides is 1. The smallest absolute Gasteiger partial charge is 0.255 e. The quantitative estimate of drug-likeness (QED) is 0.794. The molecule has 1 fully saturated rings. The molecule has 2 aromatic rings. The lowest BCUT2D eigenvalue weighted by atomic mass is 9.91. The number of rotatable bonds is 4. The number of anilines is 2. The molecule has 1 saturated heterocycles. The Morgan fingerprint density at radius 1 is 0.871 bits per heavy atom. The predicted octanol–water partition coefficient (Wildman–Crippen LogP) is 2.95. The number of hydrogen-bond donors (Lipinski definition) is 1. The fourth-order valence-corrected chi connectivity index (χ4v) is 6.30. The van der Waals surface area contributed by atoms with E-state index >= 15 is 0 Å². The van der Waals surface area contributed by atoms with E-state index in [1.807, 2.05) is 17.0 Å². The number of aryl methyl sites for hydroxylation is 2. The minimum absolute atomic E-state index is 0.175. The maximum absolute atomic E-state index is 12.8. The average molecular weight is 440 g/mol. The fourth-order valence-electron chi connectivity index (χ4n) is 4.78. The third-order valence-corrected chi connectivity index (χ3v) is 8.26. The highest BCUT2D eigenvalue weighted by molar-refractivity contribution is 7.89. The number of benzene rings is 2. The number of carbonyl (C=O) groups excluding carboxylic acids is 2. The van der Waals surface area contributed by atoms with Gasteiger partial charge in [0.15, 0.2) is 0 Å². The van der Waals surface area contributed by atoms with E-state index in [1.165, 1.54) is 16.4 Å². The van der Waals surface area contributed by atoms with Crippen LogP contribution in [0.25, 0.3) is 0 Å². The van der Waals surface area contributed by atoms with Crippen molar-refractivity contribution in [3.8, 4) is 0 Å². The van der Waals surface area contributed by atoms with Gasteiger partial charge in [0.2, 0.25) is 15.9 Å². The Labute approximate surface area is 182 Å². The summed E-state index contributed by atoms with van der Waals surface area (Å²) in [5.74, 6) is -0.106. The molecular formula is C23H25N3O4S. The summed E-state index contributed by atoms with van der Waals surface area (Å²) in [5.41, 5.74) is 4.34. The molecule has 0 radical (unpaired) electrons. The first-order valence-electron chi connectivity index (χ1n) is 10.8. The number of carbonyl (C=O) groups is 2. The fraction of sp³-hybridized carbons (Fsp3) is 0.391. The normalized spacial score (nSPS) is 18.7. The van der Waals surface area contributed by atoms with Gasteiger partial charge in [0.05, 0.1) is 10.6 Å². The highest BCUT2D eigenvalue weighted by Gasteiger charge is 2.30. The van der Waals surface area contributed by atoms with Crippen molar-refractivity contribution in [2.75, 3.05) is 29.9 Å². The standard InChI is InChI=1S/C23H25N3O4S/c27-21-10-7-18-15-19(14-17-4-3-13-26(21)22(17)18)24-23(28)16-5-8-20(9-6-16)31(29,30)25-11-1-2-12-25/h5-6,8-9,14-15H,1-4,7,10-13H2,(H,24,28). The lowest BCUT2D eigenvalue weighted by Gasteiger charge is -2.35. The molecule has 3 aliphatic heterocycles. The molecule has 31 heavy (non-hydrogen) atoms. The molecule has 3 aliphatic rings. The van der Waals surface area contributed by atoms with E-state index in [-0.39, 0.29) is 16.7 Å². The zero-order valence-electron chi connectivity index (χ0n) is 17.3. The first-order valence-corrected chi connectivity index (χ1v) is 12.3.